The molecule has 112 valence electrons. The Morgan fingerprint density at radius 3 is 2.15 bits per heavy atom. The molecule has 0 aliphatic carbocycles. The molecule has 5 atom stereocenters. The number of ether oxygens (including phenoxy) is 1. The van der Waals surface area contributed by atoms with Crippen molar-refractivity contribution >= 4 is 0 Å². The second-order valence-corrected chi connectivity index (χ2v) is 5.03. The van der Waals surface area contributed by atoms with Gasteiger partial charge in [0.2, 0.25) is 0 Å². The molecule has 1 saturated heterocycles. The molecule has 1 aliphatic rings. The van der Waals surface area contributed by atoms with Gasteiger partial charge in [-0.1, -0.05) is 12.1 Å². The highest BCUT2D eigenvalue weighted by Gasteiger charge is 2.42. The molecule has 0 bridgehead atoms. The molecule has 0 unspecified atom stereocenters. The topological polar surface area (TPSA) is 90.2 Å². The Kier molecular flexibility index (Phi) is 5.06. The number of halogens is 1. The SMILES string of the molecule is OC[C@H]1O[C@@H](CCc2ccc(F)cc2)[C@H](O)[C@@H](O)[C@@H]1O. The first-order chi connectivity index (χ1) is 9.52. The average Bonchev–Trinajstić information content (AvgIpc) is 2.46. The van der Waals surface area contributed by atoms with Gasteiger partial charge in [0.15, 0.2) is 0 Å². The molecule has 1 fully saturated rings. The summed E-state index contributed by atoms with van der Waals surface area (Å²) < 4.78 is 18.2. The zero-order valence-corrected chi connectivity index (χ0v) is 10.9. The van der Waals surface area contributed by atoms with E-state index in [0.717, 1.165) is 5.56 Å². The highest BCUT2D eigenvalue weighted by Crippen LogP contribution is 2.24. The Morgan fingerprint density at radius 1 is 0.950 bits per heavy atom. The lowest BCUT2D eigenvalue weighted by atomic mass is 9.92. The maximum absolute atomic E-state index is 12.8. The number of aryl methyl sites for hydroxylation is 1. The van der Waals surface area contributed by atoms with Gasteiger partial charge >= 0.3 is 0 Å². The van der Waals surface area contributed by atoms with Crippen molar-refractivity contribution in [2.24, 2.45) is 0 Å². The van der Waals surface area contributed by atoms with Crippen LogP contribution in [0, 0.1) is 5.82 Å². The number of aliphatic hydroxyl groups is 4. The third kappa shape index (κ3) is 3.34. The standard InChI is InChI=1S/C14H19FO5/c15-9-4-1-8(2-5-9)3-6-10-12(17)14(19)13(18)11(7-16)20-10/h1-2,4-5,10-14,16-19H,3,6-7H2/t10-,11+,12-,13+,14+/m0/s1. The van der Waals surface area contributed by atoms with Gasteiger partial charge in [-0.15, -0.1) is 0 Å². The number of rotatable bonds is 4. The molecule has 1 aromatic rings. The molecule has 0 spiro atoms. The maximum atomic E-state index is 12.8. The van der Waals surface area contributed by atoms with Crippen LogP contribution >= 0.6 is 0 Å². The van der Waals surface area contributed by atoms with Crippen LogP contribution in [-0.2, 0) is 11.2 Å². The van der Waals surface area contributed by atoms with E-state index in [0.29, 0.717) is 12.8 Å². The van der Waals surface area contributed by atoms with Gasteiger partial charge in [0.1, 0.15) is 30.2 Å². The van der Waals surface area contributed by atoms with E-state index in [1.165, 1.54) is 12.1 Å². The molecule has 2 rings (SSSR count). The van der Waals surface area contributed by atoms with E-state index in [9.17, 15) is 19.7 Å². The first-order valence-electron chi connectivity index (χ1n) is 6.58. The van der Waals surface area contributed by atoms with Crippen molar-refractivity contribution in [1.29, 1.82) is 0 Å². The van der Waals surface area contributed by atoms with E-state index in [-0.39, 0.29) is 5.82 Å². The molecule has 4 N–H and O–H groups in total. The fourth-order valence-corrected chi connectivity index (χ4v) is 2.38. The van der Waals surface area contributed by atoms with Crippen LogP contribution in [0.2, 0.25) is 0 Å². The predicted molar refractivity (Wildman–Crippen MR) is 68.5 cm³/mol. The second kappa shape index (κ2) is 6.60. The minimum absolute atomic E-state index is 0.318. The molecule has 1 heterocycles. The van der Waals surface area contributed by atoms with Gasteiger partial charge in [0.25, 0.3) is 0 Å². The zero-order chi connectivity index (χ0) is 14.7. The van der Waals surface area contributed by atoms with Crippen molar-refractivity contribution in [2.75, 3.05) is 6.61 Å². The van der Waals surface area contributed by atoms with Crippen molar-refractivity contribution in [1.82, 2.24) is 0 Å². The Hall–Kier alpha value is -1.05. The minimum atomic E-state index is -1.35. The van der Waals surface area contributed by atoms with Crippen LogP contribution in [-0.4, -0.2) is 57.6 Å². The Labute approximate surface area is 116 Å². The lowest BCUT2D eigenvalue weighted by Crippen LogP contribution is -2.58. The molecule has 1 aromatic carbocycles. The summed E-state index contributed by atoms with van der Waals surface area (Å²) in [6, 6.07) is 5.98. The minimum Gasteiger partial charge on any atom is -0.394 e. The summed E-state index contributed by atoms with van der Waals surface area (Å²) in [6.45, 7) is -0.433. The summed E-state index contributed by atoms with van der Waals surface area (Å²) in [5.41, 5.74) is 0.878. The van der Waals surface area contributed by atoms with Gasteiger partial charge in [-0.3, -0.25) is 0 Å². The van der Waals surface area contributed by atoms with Crippen LogP contribution in [0.3, 0.4) is 0 Å². The predicted octanol–water partition coefficient (Wildman–Crippen LogP) is -0.399. The number of benzene rings is 1. The van der Waals surface area contributed by atoms with E-state index < -0.39 is 37.1 Å². The van der Waals surface area contributed by atoms with Crippen molar-refractivity contribution in [3.8, 4) is 0 Å². The number of aliphatic hydroxyl groups excluding tert-OH is 4. The Bertz CT molecular complexity index is 422. The molecular formula is C14H19FO5. The molecule has 20 heavy (non-hydrogen) atoms. The lowest BCUT2D eigenvalue weighted by Gasteiger charge is -2.40. The Balaban J connectivity index is 1.95. The number of hydrogen-bond donors (Lipinski definition) is 4. The summed E-state index contributed by atoms with van der Waals surface area (Å²) in [4.78, 5) is 0. The Morgan fingerprint density at radius 2 is 1.55 bits per heavy atom. The zero-order valence-electron chi connectivity index (χ0n) is 10.9. The normalized spacial score (nSPS) is 34.1. The van der Waals surface area contributed by atoms with Crippen molar-refractivity contribution in [3.05, 3.63) is 35.6 Å². The first-order valence-corrected chi connectivity index (χ1v) is 6.58. The average molecular weight is 286 g/mol. The second-order valence-electron chi connectivity index (χ2n) is 5.03. The van der Waals surface area contributed by atoms with Crippen LogP contribution in [0.15, 0.2) is 24.3 Å². The van der Waals surface area contributed by atoms with Crippen LogP contribution in [0.4, 0.5) is 4.39 Å². The largest absolute Gasteiger partial charge is 0.394 e. The van der Waals surface area contributed by atoms with Gasteiger partial charge in [0, 0.05) is 0 Å². The summed E-state index contributed by atoms with van der Waals surface area (Å²) in [5, 5.41) is 38.3. The van der Waals surface area contributed by atoms with E-state index in [2.05, 4.69) is 0 Å². The quantitative estimate of drug-likeness (QED) is 0.605. The van der Waals surface area contributed by atoms with Crippen LogP contribution in [0.5, 0.6) is 0 Å². The van der Waals surface area contributed by atoms with Crippen molar-refractivity contribution in [3.63, 3.8) is 0 Å². The van der Waals surface area contributed by atoms with Crippen molar-refractivity contribution in [2.45, 2.75) is 43.4 Å². The summed E-state index contributed by atoms with van der Waals surface area (Å²) in [6.07, 6.45) is -4.54. The van der Waals surface area contributed by atoms with Gasteiger partial charge in [-0.2, -0.15) is 0 Å². The van der Waals surface area contributed by atoms with Gasteiger partial charge in [0.05, 0.1) is 12.7 Å². The van der Waals surface area contributed by atoms with Gasteiger partial charge in [-0.05, 0) is 30.5 Å². The first kappa shape index (κ1) is 15.3. The van der Waals surface area contributed by atoms with Crippen molar-refractivity contribution < 1.29 is 29.6 Å². The smallest absolute Gasteiger partial charge is 0.123 e. The summed E-state index contributed by atoms with van der Waals surface area (Å²) in [5.74, 6) is -0.318. The molecule has 1 aliphatic heterocycles. The third-order valence-electron chi connectivity index (χ3n) is 3.62. The van der Waals surface area contributed by atoms with Crippen LogP contribution in [0.25, 0.3) is 0 Å². The van der Waals surface area contributed by atoms with E-state index in [1.54, 1.807) is 12.1 Å². The van der Waals surface area contributed by atoms with Gasteiger partial charge < -0.3 is 25.2 Å². The molecule has 5 nitrogen and oxygen atoms in total. The molecular weight excluding hydrogens is 267 g/mol. The summed E-state index contributed by atoms with van der Waals surface area (Å²) >= 11 is 0. The highest BCUT2D eigenvalue weighted by molar-refractivity contribution is 5.16. The fraction of sp³-hybridized carbons (Fsp3) is 0.571. The van der Waals surface area contributed by atoms with E-state index in [1.807, 2.05) is 0 Å². The molecule has 0 saturated carbocycles. The lowest BCUT2D eigenvalue weighted by molar-refractivity contribution is -0.230. The third-order valence-corrected chi connectivity index (χ3v) is 3.62. The fourth-order valence-electron chi connectivity index (χ4n) is 2.38. The maximum Gasteiger partial charge on any atom is 0.123 e. The molecule has 0 radical (unpaired) electrons. The van der Waals surface area contributed by atoms with Crippen LogP contribution in [0.1, 0.15) is 12.0 Å². The van der Waals surface area contributed by atoms with Crippen LogP contribution < -0.4 is 0 Å². The summed E-state index contributed by atoms with van der Waals surface area (Å²) in [7, 11) is 0. The molecule has 0 aromatic heterocycles. The molecule has 6 heteroatoms. The van der Waals surface area contributed by atoms with E-state index in [4.69, 9.17) is 9.84 Å². The number of hydrogen-bond acceptors (Lipinski definition) is 5. The van der Waals surface area contributed by atoms with Gasteiger partial charge in [-0.25, -0.2) is 4.39 Å². The van der Waals surface area contributed by atoms with E-state index >= 15 is 0 Å². The monoisotopic (exact) mass is 286 g/mol. The molecule has 0 amide bonds. The highest BCUT2D eigenvalue weighted by atomic mass is 19.1.